The molecule has 2 rings (SSSR count). The van der Waals surface area contributed by atoms with E-state index in [2.05, 4.69) is 0 Å². The van der Waals surface area contributed by atoms with Gasteiger partial charge in [-0.1, -0.05) is 0 Å². The Bertz CT molecular complexity index is 334. The summed E-state index contributed by atoms with van der Waals surface area (Å²) in [5, 5.41) is 8.64. The minimum absolute atomic E-state index is 0.0136. The second-order valence-electron chi connectivity index (χ2n) is 3.58. The molecule has 1 aromatic rings. The molecule has 70 valence electrons. The minimum Gasteiger partial charge on any atom is -0.481 e. The van der Waals surface area contributed by atoms with Gasteiger partial charge in [-0.15, -0.1) is 0 Å². The van der Waals surface area contributed by atoms with Gasteiger partial charge in [0.05, 0.1) is 0 Å². The average molecular weight is 180 g/mol. The van der Waals surface area contributed by atoms with Crippen LogP contribution in [0.4, 0.5) is 0 Å². The Morgan fingerprint density at radius 1 is 1.69 bits per heavy atom. The van der Waals surface area contributed by atoms with Crippen LogP contribution >= 0.6 is 0 Å². The van der Waals surface area contributed by atoms with Crippen LogP contribution in [0.15, 0.2) is 10.5 Å². The normalized spacial score (nSPS) is 16.1. The summed E-state index contributed by atoms with van der Waals surface area (Å²) in [6, 6.07) is 1.97. The van der Waals surface area contributed by atoms with Crippen molar-refractivity contribution in [3.63, 3.8) is 0 Å². The number of aliphatic carboxylic acids is 1. The summed E-state index contributed by atoms with van der Waals surface area (Å²) in [5.74, 6) is 1.20. The van der Waals surface area contributed by atoms with Crippen LogP contribution < -0.4 is 0 Å². The predicted molar refractivity (Wildman–Crippen MR) is 46.8 cm³/mol. The molecule has 3 nitrogen and oxygen atoms in total. The summed E-state index contributed by atoms with van der Waals surface area (Å²) in [5.41, 5.74) is 1.11. The van der Waals surface area contributed by atoms with Crippen molar-refractivity contribution in [2.45, 2.75) is 32.1 Å². The molecule has 1 fully saturated rings. The highest BCUT2D eigenvalue weighted by molar-refractivity contribution is 5.70. The molecule has 0 unspecified atom stereocenters. The third-order valence-electron chi connectivity index (χ3n) is 2.29. The standard InChI is InChI=1S/C10H12O3/c1-6-4-8(7-2-3-7)9(13-6)5-10(11)12/h4,7H,2-3,5H2,1H3,(H,11,12). The van der Waals surface area contributed by atoms with E-state index in [1.54, 1.807) is 0 Å². The van der Waals surface area contributed by atoms with E-state index in [4.69, 9.17) is 9.52 Å². The monoisotopic (exact) mass is 180 g/mol. The number of hydrogen-bond acceptors (Lipinski definition) is 2. The molecule has 1 N–H and O–H groups in total. The summed E-state index contributed by atoms with van der Waals surface area (Å²) < 4.78 is 5.35. The van der Waals surface area contributed by atoms with Gasteiger partial charge in [0.15, 0.2) is 0 Å². The van der Waals surface area contributed by atoms with Crippen molar-refractivity contribution in [2.24, 2.45) is 0 Å². The van der Waals surface area contributed by atoms with E-state index in [0.717, 1.165) is 11.3 Å². The largest absolute Gasteiger partial charge is 0.481 e. The molecule has 0 atom stereocenters. The lowest BCUT2D eigenvalue weighted by Crippen LogP contribution is -2.00. The fourth-order valence-corrected chi connectivity index (χ4v) is 1.60. The zero-order chi connectivity index (χ0) is 9.42. The first kappa shape index (κ1) is 8.35. The molecule has 0 bridgehead atoms. The third kappa shape index (κ3) is 1.74. The Hall–Kier alpha value is -1.25. The topological polar surface area (TPSA) is 50.4 Å². The van der Waals surface area contributed by atoms with Crippen LogP contribution in [-0.2, 0) is 11.2 Å². The van der Waals surface area contributed by atoms with Crippen molar-refractivity contribution in [1.29, 1.82) is 0 Å². The second kappa shape index (κ2) is 2.91. The molecule has 1 heterocycles. The summed E-state index contributed by atoms with van der Waals surface area (Å²) in [6.45, 7) is 1.86. The number of carbonyl (C=O) groups is 1. The van der Waals surface area contributed by atoms with Crippen molar-refractivity contribution < 1.29 is 14.3 Å². The number of rotatable bonds is 3. The van der Waals surface area contributed by atoms with Crippen LogP contribution in [0, 0.1) is 6.92 Å². The lowest BCUT2D eigenvalue weighted by atomic mass is 10.1. The van der Waals surface area contributed by atoms with E-state index in [9.17, 15) is 4.79 Å². The SMILES string of the molecule is Cc1cc(C2CC2)c(CC(=O)O)o1. The van der Waals surface area contributed by atoms with Crippen LogP contribution in [0.3, 0.4) is 0 Å². The summed E-state index contributed by atoms with van der Waals surface area (Å²) in [7, 11) is 0. The second-order valence-corrected chi connectivity index (χ2v) is 3.58. The van der Waals surface area contributed by atoms with Gasteiger partial charge >= 0.3 is 5.97 Å². The molecule has 3 heteroatoms. The van der Waals surface area contributed by atoms with Crippen LogP contribution in [0.1, 0.15) is 35.8 Å². The highest BCUT2D eigenvalue weighted by Crippen LogP contribution is 2.42. The maximum absolute atomic E-state index is 10.5. The first-order chi connectivity index (χ1) is 6.16. The van der Waals surface area contributed by atoms with E-state index in [1.165, 1.54) is 12.8 Å². The van der Waals surface area contributed by atoms with Gasteiger partial charge in [-0.05, 0) is 37.3 Å². The smallest absolute Gasteiger partial charge is 0.311 e. The minimum atomic E-state index is -0.823. The van der Waals surface area contributed by atoms with Crippen molar-refractivity contribution in [3.8, 4) is 0 Å². The number of aryl methyl sites for hydroxylation is 1. The Kier molecular flexibility index (Phi) is 1.87. The van der Waals surface area contributed by atoms with Gasteiger partial charge < -0.3 is 9.52 Å². The van der Waals surface area contributed by atoms with Crippen LogP contribution in [0.5, 0.6) is 0 Å². The van der Waals surface area contributed by atoms with Gasteiger partial charge in [0.2, 0.25) is 0 Å². The van der Waals surface area contributed by atoms with Gasteiger partial charge in [-0.25, -0.2) is 0 Å². The third-order valence-corrected chi connectivity index (χ3v) is 2.29. The van der Waals surface area contributed by atoms with Crippen LogP contribution in [0.2, 0.25) is 0 Å². The maximum Gasteiger partial charge on any atom is 0.311 e. The zero-order valence-electron chi connectivity index (χ0n) is 7.54. The molecule has 0 amide bonds. The highest BCUT2D eigenvalue weighted by Gasteiger charge is 2.29. The van der Waals surface area contributed by atoms with Crippen molar-refractivity contribution >= 4 is 5.97 Å². The summed E-state index contributed by atoms with van der Waals surface area (Å²) >= 11 is 0. The molecular weight excluding hydrogens is 168 g/mol. The number of carboxylic acids is 1. The van der Waals surface area contributed by atoms with Gasteiger partial charge in [-0.2, -0.15) is 0 Å². The molecule has 0 saturated heterocycles. The zero-order valence-corrected chi connectivity index (χ0v) is 7.54. The number of furan rings is 1. The van der Waals surface area contributed by atoms with Crippen molar-refractivity contribution in [2.75, 3.05) is 0 Å². The van der Waals surface area contributed by atoms with Gasteiger partial charge in [0, 0.05) is 0 Å². The molecule has 0 radical (unpaired) electrons. The van der Waals surface area contributed by atoms with E-state index >= 15 is 0 Å². The molecular formula is C10H12O3. The van der Waals surface area contributed by atoms with Crippen LogP contribution in [0.25, 0.3) is 0 Å². The predicted octanol–water partition coefficient (Wildman–Crippen LogP) is 2.09. The van der Waals surface area contributed by atoms with Gasteiger partial charge in [0.1, 0.15) is 17.9 Å². The fourth-order valence-electron chi connectivity index (χ4n) is 1.60. The molecule has 1 aromatic heterocycles. The van der Waals surface area contributed by atoms with E-state index < -0.39 is 5.97 Å². The average Bonchev–Trinajstić information content (AvgIpc) is 2.77. The van der Waals surface area contributed by atoms with E-state index in [0.29, 0.717) is 11.7 Å². The molecule has 0 spiro atoms. The molecule has 0 aromatic carbocycles. The van der Waals surface area contributed by atoms with Crippen LogP contribution in [-0.4, -0.2) is 11.1 Å². The molecule has 1 aliphatic rings. The number of carboxylic acid groups (broad SMARTS) is 1. The molecule has 0 aliphatic heterocycles. The Labute approximate surface area is 76.4 Å². The molecule has 1 aliphatic carbocycles. The Balaban J connectivity index is 2.25. The Morgan fingerprint density at radius 3 is 2.92 bits per heavy atom. The molecule has 1 saturated carbocycles. The van der Waals surface area contributed by atoms with E-state index in [-0.39, 0.29) is 6.42 Å². The summed E-state index contributed by atoms with van der Waals surface area (Å²) in [6.07, 6.45) is 2.36. The highest BCUT2D eigenvalue weighted by atomic mass is 16.4. The van der Waals surface area contributed by atoms with Crippen molar-refractivity contribution in [1.82, 2.24) is 0 Å². The van der Waals surface area contributed by atoms with Crippen molar-refractivity contribution in [3.05, 3.63) is 23.2 Å². The maximum atomic E-state index is 10.5. The van der Waals surface area contributed by atoms with Gasteiger partial charge in [0.25, 0.3) is 0 Å². The lowest BCUT2D eigenvalue weighted by Gasteiger charge is -1.95. The quantitative estimate of drug-likeness (QED) is 0.774. The van der Waals surface area contributed by atoms with Gasteiger partial charge in [-0.3, -0.25) is 4.79 Å². The molecule has 13 heavy (non-hydrogen) atoms. The fraction of sp³-hybridized carbons (Fsp3) is 0.500. The first-order valence-electron chi connectivity index (χ1n) is 4.48. The lowest BCUT2D eigenvalue weighted by molar-refractivity contribution is -0.136. The number of hydrogen-bond donors (Lipinski definition) is 1. The first-order valence-corrected chi connectivity index (χ1v) is 4.48. The summed E-state index contributed by atoms with van der Waals surface area (Å²) in [4.78, 5) is 10.5. The van der Waals surface area contributed by atoms with E-state index in [1.807, 2.05) is 13.0 Å². The Morgan fingerprint density at radius 2 is 2.38 bits per heavy atom.